The van der Waals surface area contributed by atoms with Crippen molar-refractivity contribution in [2.45, 2.75) is 201 Å². The van der Waals surface area contributed by atoms with Gasteiger partial charge in [0.25, 0.3) is 28.8 Å². The number of amides is 3. The van der Waals surface area contributed by atoms with Crippen molar-refractivity contribution >= 4 is 91.1 Å². The topological polar surface area (TPSA) is 298 Å². The molecule has 147 heavy (non-hydrogen) atoms. The number of ether oxygens (including phenoxy) is 5. The van der Waals surface area contributed by atoms with E-state index in [9.17, 15) is 73.5 Å². The number of fused-ring (bicyclic) bond motifs is 3. The zero-order valence-corrected chi connectivity index (χ0v) is 86.3. The van der Waals surface area contributed by atoms with Crippen molar-refractivity contribution in [3.8, 4) is 28.3 Å². The van der Waals surface area contributed by atoms with E-state index < -0.39 is 110 Å². The number of Topliss-reactive ketones (excluding diaryl/α,β-unsaturated/α-hetero) is 1. The van der Waals surface area contributed by atoms with Crippen molar-refractivity contribution in [2.24, 2.45) is 0 Å². The fraction of sp³-hybridized carbons (Fsp3) is 0.349. The van der Waals surface area contributed by atoms with Crippen molar-refractivity contribution in [2.75, 3.05) is 57.1 Å². The summed E-state index contributed by atoms with van der Waals surface area (Å²) >= 11 is 0. The van der Waals surface area contributed by atoms with E-state index in [1.807, 2.05) is 24.3 Å². The molecule has 7 aromatic heterocycles. The number of allylic oxidation sites excluding steroid dienone is 4. The number of methoxy groups -OCH3 is 1. The molecule has 3 N–H and O–H groups in total. The number of pyridine rings is 2. The number of hydrogen-bond donors (Lipinski definition) is 3. The van der Waals surface area contributed by atoms with Gasteiger partial charge in [-0.1, -0.05) is 93.9 Å². The normalized spacial score (nSPS) is 14.5. The van der Waals surface area contributed by atoms with Gasteiger partial charge in [0.05, 0.1) is 107 Å². The zero-order valence-electron chi connectivity index (χ0n) is 84.3. The molecule has 2 aliphatic carbocycles. The summed E-state index contributed by atoms with van der Waals surface area (Å²) in [5.41, 5.74) is 8.23. The quantitative estimate of drug-likeness (QED) is 0.0214. The Labute approximate surface area is 846 Å². The molecule has 772 valence electrons. The van der Waals surface area contributed by atoms with Crippen LogP contribution in [-0.4, -0.2) is 179 Å². The summed E-state index contributed by atoms with van der Waals surface area (Å²) in [5, 5.41) is 22.4. The maximum Gasteiger partial charge on any atom is 0.419 e. The number of rotatable bonds is 30. The van der Waals surface area contributed by atoms with Crippen molar-refractivity contribution in [1.82, 2.24) is 62.7 Å². The summed E-state index contributed by atoms with van der Waals surface area (Å²) in [6.45, 7) is 29.2. The Balaban J connectivity index is 0.000000167. The van der Waals surface area contributed by atoms with Gasteiger partial charge < -0.3 is 39.6 Å². The number of carbonyl (C=O) groups is 6. The minimum absolute atomic E-state index is 0.00396. The van der Waals surface area contributed by atoms with E-state index >= 15 is 0 Å². The molecule has 0 spiro atoms. The van der Waals surface area contributed by atoms with Crippen molar-refractivity contribution < 1.29 is 87.6 Å². The monoisotopic (exact) mass is 2050 g/mol. The predicted octanol–water partition coefficient (Wildman–Crippen LogP) is 20.9. The van der Waals surface area contributed by atoms with Crippen LogP contribution in [-0.2, 0) is 76.3 Å². The van der Waals surface area contributed by atoms with Gasteiger partial charge in [0, 0.05) is 128 Å². The molecule has 38 heteroatoms. The third kappa shape index (κ3) is 28.3. The van der Waals surface area contributed by atoms with E-state index in [0.29, 0.717) is 126 Å². The number of anilines is 2. The Morgan fingerprint density at radius 3 is 1.26 bits per heavy atom. The number of nitrogens with one attached hydrogen (secondary N) is 3. The summed E-state index contributed by atoms with van der Waals surface area (Å²) in [5.74, 6) is -6.64. The summed E-state index contributed by atoms with van der Waals surface area (Å²) < 4.78 is 147. The maximum absolute atomic E-state index is 14.3. The van der Waals surface area contributed by atoms with Crippen LogP contribution in [0.2, 0.25) is 51.4 Å². The Morgan fingerprint density at radius 2 is 0.844 bits per heavy atom. The van der Waals surface area contributed by atoms with Crippen molar-refractivity contribution in [3.05, 3.63) is 323 Å². The molecular weight excluding hydrogens is 1940 g/mol. The van der Waals surface area contributed by atoms with Crippen LogP contribution in [0.1, 0.15) is 144 Å². The van der Waals surface area contributed by atoms with E-state index in [4.69, 9.17) is 23.7 Å². The lowest BCUT2D eigenvalue weighted by Crippen LogP contribution is -2.33. The number of ketones is 1. The smallest absolute Gasteiger partial charge is 0.419 e. The molecule has 2 aliphatic heterocycles. The number of halogens is 8. The second kappa shape index (κ2) is 45.8. The van der Waals surface area contributed by atoms with Crippen molar-refractivity contribution in [3.63, 3.8) is 0 Å². The molecule has 3 amide bonds. The summed E-state index contributed by atoms with van der Waals surface area (Å²) in [6.07, 6.45) is 17.1. The lowest BCUT2D eigenvalue weighted by atomic mass is 9.93. The largest absolute Gasteiger partial charge is 0.497 e. The van der Waals surface area contributed by atoms with Crippen LogP contribution >= 0.6 is 0 Å². The van der Waals surface area contributed by atoms with Gasteiger partial charge >= 0.3 is 12.2 Å². The summed E-state index contributed by atoms with van der Waals surface area (Å²) in [6, 6.07) is 36.1. The molecule has 6 aromatic carbocycles. The second-order valence-electron chi connectivity index (χ2n) is 41.6. The minimum atomic E-state index is -1.44. The number of carbonyl (C=O) groups excluding carboxylic acids is 6. The molecule has 0 radical (unpaired) electrons. The molecule has 2 saturated heterocycles. The predicted molar refractivity (Wildman–Crippen MR) is 550 cm³/mol. The molecule has 13 aromatic rings. The highest BCUT2D eigenvalue weighted by atomic mass is 28.3. The fourth-order valence-corrected chi connectivity index (χ4v) is 18.7. The van der Waals surface area contributed by atoms with Crippen LogP contribution in [0.3, 0.4) is 0 Å². The first-order valence-corrected chi connectivity index (χ1v) is 56.0. The highest BCUT2D eigenvalue weighted by Crippen LogP contribution is 2.38. The Hall–Kier alpha value is -14.3. The Kier molecular flexibility index (Phi) is 33.3. The molecule has 0 atom stereocenters. The average Bonchev–Trinajstić information content (AvgIpc) is 1.61. The lowest BCUT2D eigenvalue weighted by Gasteiger charge is -2.28. The van der Waals surface area contributed by atoms with Crippen LogP contribution in [0.5, 0.6) is 5.75 Å². The van der Waals surface area contributed by atoms with E-state index in [0.717, 1.165) is 90.4 Å². The van der Waals surface area contributed by atoms with E-state index in [1.54, 1.807) is 84.0 Å². The van der Waals surface area contributed by atoms with Gasteiger partial charge in [0.1, 0.15) is 42.8 Å². The number of likely N-dealkylation sites (tertiary alicyclic amines) is 2. The van der Waals surface area contributed by atoms with E-state index in [2.05, 4.69) is 98.5 Å². The first-order chi connectivity index (χ1) is 69.7. The molecule has 2 fully saturated rings. The standard InChI is InChI=1S/C41H49F3N6O5Si.C36H41F2N5O6Si.C32H29F3N4O2/c1-41(2,3)55-40(53)50-36-10-8-27(22-47-13-11-31(42)12-14-47)17-29(36)19-37(50)33-20-32(25-48(39(33)52)26-54-15-16-56(4,5)6)46-38(51)30-21-45-49(24-30)23-28-7-9-34(43)35(44)18-28;1-36(2,3)49-35(46)43-31-11-9-27(47-4)15-24(31)16-32(43)28-17-26(21-41(34(28)45)22-48-12-13-50(5,6)7)40-33(44)25-18-39-42(20-25)19-23-8-10-29(37)30(38)14-23;33-26-7-9-38(10-8-26)17-20-1-3-22-13-24(14-23(22)11-20)28-15-27(4-6-31(28)40)37-32(41)25-16-36-39(19-25)18-21-2-5-29(34)30(35)12-21/h7-10,17-21,24-25,31H,11-16,22-23,26H2,1-6H3,(H,46,51);8-11,14-18,20-21H,12-13,19,22H2,1-7H3,(H,40,44);1-5,11-12,14-16,19,26H,6-10,13,17-18H2,(H,37,41). The van der Waals surface area contributed by atoms with Crippen LogP contribution in [0.4, 0.5) is 56.1 Å². The van der Waals surface area contributed by atoms with E-state index in [-0.39, 0.29) is 96.2 Å². The van der Waals surface area contributed by atoms with Gasteiger partial charge in [-0.15, -0.1) is 0 Å². The number of nitrogens with zero attached hydrogens (tertiary/aromatic N) is 12. The fourth-order valence-electron chi connectivity index (χ4n) is 17.2. The molecule has 4 aliphatic rings. The van der Waals surface area contributed by atoms with Gasteiger partial charge in [0.2, 0.25) is 0 Å². The van der Waals surface area contributed by atoms with Gasteiger partial charge in [0.15, 0.2) is 40.7 Å². The molecule has 9 heterocycles. The molecule has 17 rings (SSSR count). The molecule has 28 nitrogen and oxygen atoms in total. The minimum Gasteiger partial charge on any atom is -0.497 e. The number of benzene rings is 6. The summed E-state index contributed by atoms with van der Waals surface area (Å²) in [7, 11) is -1.32. The zero-order chi connectivity index (χ0) is 105. The number of hydrogen-bond acceptors (Lipinski definition) is 18. The second-order valence-corrected chi connectivity index (χ2v) is 52.8. The van der Waals surface area contributed by atoms with Crippen LogP contribution in [0.25, 0.3) is 50.4 Å². The maximum atomic E-state index is 14.3. The lowest BCUT2D eigenvalue weighted by molar-refractivity contribution is -0.114. The average molecular weight is 2060 g/mol. The van der Waals surface area contributed by atoms with Crippen molar-refractivity contribution in [1.29, 1.82) is 0 Å². The Bertz CT molecular complexity index is 7360. The van der Waals surface area contributed by atoms with Crippen LogP contribution < -0.4 is 31.8 Å². The van der Waals surface area contributed by atoms with Gasteiger partial charge in [-0.25, -0.2) is 53.8 Å². The SMILES string of the molecule is CC(C)(C)OC(=O)n1c(-c2cc(NC(=O)c3cnn(Cc4ccc(F)c(F)c4)c3)cn(COCC[Si](C)(C)C)c2=O)cc2cc(CN3CCC(F)CC3)ccc21.COc1ccc2c(c1)cc(-c1cc(NC(=O)c3cnn(Cc4ccc(F)c(F)c4)c3)cn(COCC[Si](C)(C)C)c1=O)n2C(=O)OC(C)(C)C.O=C1CC=C(NC(=O)c2cnn(Cc3ccc(F)c(F)c3)c2)C=C1C1=Cc2cc(CN3CCC(F)CC3)ccc2C1. The van der Waals surface area contributed by atoms with Gasteiger partial charge in [-0.2, -0.15) is 15.3 Å². The van der Waals surface area contributed by atoms with Gasteiger partial charge in [-0.05, 0) is 227 Å². The first-order valence-electron chi connectivity index (χ1n) is 48.5. The number of aromatic nitrogens is 10. The number of piperidine rings is 2. The van der Waals surface area contributed by atoms with Gasteiger partial charge in [-0.3, -0.25) is 61.7 Å². The summed E-state index contributed by atoms with van der Waals surface area (Å²) in [4.78, 5) is 113. The molecule has 0 saturated carbocycles. The van der Waals surface area contributed by atoms with E-state index in [1.165, 1.54) is 125 Å². The highest BCUT2D eigenvalue weighted by molar-refractivity contribution is 6.76. The Morgan fingerprint density at radius 1 is 0.449 bits per heavy atom. The third-order valence-corrected chi connectivity index (χ3v) is 28.3. The molecule has 0 bridgehead atoms. The molecule has 0 unspecified atom stereocenters. The first kappa shape index (κ1) is 107. The third-order valence-electron chi connectivity index (χ3n) is 24.9. The molecular formula is C109H119F8N15O13Si2. The highest BCUT2D eigenvalue weighted by Gasteiger charge is 2.32. The number of alkyl halides is 2. The van der Waals surface area contributed by atoms with Crippen LogP contribution in [0.15, 0.2) is 222 Å². The van der Waals surface area contributed by atoms with Crippen LogP contribution in [0, 0.1) is 34.9 Å².